The smallest absolute Gasteiger partial charge is 0.228 e. The Bertz CT molecular complexity index is 1450. The van der Waals surface area contributed by atoms with Gasteiger partial charge in [-0.2, -0.15) is 20.3 Å². The molecule has 0 unspecified atom stereocenters. The molecular formula is C25H25N9O. The number of nitrogens with one attached hydrogen (secondary N) is 1. The standard InChI is InChI=1S/C25H25N9O/c1-16-11-21(32-31-16)17-3-5-19(6-4-17)28-24-13-20(29-25(30-24)34-7-9-35-10-8-34)18-12-23-22(26-14-18)15-27-33(23)2/h3-6,12-15H,7-11H2,1-2H3,(H,28,29,30). The highest BCUT2D eigenvalue weighted by atomic mass is 16.5. The summed E-state index contributed by atoms with van der Waals surface area (Å²) in [6.07, 6.45) is 4.39. The number of anilines is 3. The van der Waals surface area contributed by atoms with Crippen molar-refractivity contribution in [2.24, 2.45) is 17.3 Å². The van der Waals surface area contributed by atoms with Gasteiger partial charge in [0.15, 0.2) is 0 Å². The molecule has 176 valence electrons. The van der Waals surface area contributed by atoms with E-state index >= 15 is 0 Å². The molecule has 1 N–H and O–H groups in total. The molecule has 0 radical (unpaired) electrons. The van der Waals surface area contributed by atoms with E-state index in [-0.39, 0.29) is 0 Å². The number of ether oxygens (including phenoxy) is 1. The van der Waals surface area contributed by atoms with Crippen molar-refractivity contribution < 1.29 is 4.74 Å². The zero-order valence-electron chi connectivity index (χ0n) is 19.6. The van der Waals surface area contributed by atoms with Crippen molar-refractivity contribution in [1.29, 1.82) is 0 Å². The quantitative estimate of drug-likeness (QED) is 0.478. The summed E-state index contributed by atoms with van der Waals surface area (Å²) in [4.78, 5) is 16.4. The molecule has 1 saturated heterocycles. The number of aryl methyl sites for hydroxylation is 1. The Morgan fingerprint density at radius 3 is 2.54 bits per heavy atom. The molecule has 35 heavy (non-hydrogen) atoms. The Kier molecular flexibility index (Phi) is 5.42. The van der Waals surface area contributed by atoms with Gasteiger partial charge in [-0.15, -0.1) is 0 Å². The van der Waals surface area contributed by atoms with Crippen molar-refractivity contribution in [3.05, 3.63) is 54.4 Å². The lowest BCUT2D eigenvalue weighted by molar-refractivity contribution is 0.122. The molecule has 0 saturated carbocycles. The van der Waals surface area contributed by atoms with Crippen LogP contribution in [0.15, 0.2) is 59.0 Å². The fourth-order valence-corrected chi connectivity index (χ4v) is 4.23. The molecule has 2 aliphatic rings. The molecule has 5 heterocycles. The number of rotatable bonds is 5. The summed E-state index contributed by atoms with van der Waals surface area (Å²) in [6, 6.07) is 12.2. The van der Waals surface area contributed by atoms with Gasteiger partial charge in [0.05, 0.1) is 36.3 Å². The number of hydrogen-bond acceptors (Lipinski definition) is 9. The molecule has 3 aromatic heterocycles. The first kappa shape index (κ1) is 21.4. The lowest BCUT2D eigenvalue weighted by Gasteiger charge is -2.27. The van der Waals surface area contributed by atoms with Crippen LogP contribution >= 0.6 is 0 Å². The average molecular weight is 468 g/mol. The van der Waals surface area contributed by atoms with Gasteiger partial charge in [-0.05, 0) is 30.7 Å². The third-order valence-electron chi connectivity index (χ3n) is 6.16. The van der Waals surface area contributed by atoms with Crippen LogP contribution in [0, 0.1) is 0 Å². The van der Waals surface area contributed by atoms with Crippen LogP contribution in [0.5, 0.6) is 0 Å². The highest BCUT2D eigenvalue weighted by Gasteiger charge is 2.18. The maximum absolute atomic E-state index is 5.52. The Morgan fingerprint density at radius 2 is 1.77 bits per heavy atom. The van der Waals surface area contributed by atoms with Crippen molar-refractivity contribution in [1.82, 2.24) is 24.7 Å². The van der Waals surface area contributed by atoms with Crippen LogP contribution in [0.3, 0.4) is 0 Å². The summed E-state index contributed by atoms with van der Waals surface area (Å²) in [7, 11) is 1.91. The summed E-state index contributed by atoms with van der Waals surface area (Å²) in [5.41, 5.74) is 7.54. The molecule has 0 spiro atoms. The summed E-state index contributed by atoms with van der Waals surface area (Å²) < 4.78 is 7.34. The SMILES string of the molecule is CC1=NN=C(c2ccc(Nc3cc(-c4cnc5cnn(C)c5c4)nc(N4CCOCC4)n3)cc2)C1. The van der Waals surface area contributed by atoms with E-state index in [1.165, 1.54) is 0 Å². The summed E-state index contributed by atoms with van der Waals surface area (Å²) in [5, 5.41) is 16.2. The lowest BCUT2D eigenvalue weighted by atomic mass is 10.1. The first-order valence-corrected chi connectivity index (χ1v) is 11.6. The fourth-order valence-electron chi connectivity index (χ4n) is 4.23. The van der Waals surface area contributed by atoms with E-state index in [1.54, 1.807) is 6.20 Å². The maximum atomic E-state index is 5.52. The molecule has 0 atom stereocenters. The molecule has 0 bridgehead atoms. The van der Waals surface area contributed by atoms with E-state index < -0.39 is 0 Å². The number of pyridine rings is 1. The monoisotopic (exact) mass is 467 g/mol. The number of fused-ring (bicyclic) bond motifs is 1. The fraction of sp³-hybridized carbons (Fsp3) is 0.280. The zero-order chi connectivity index (χ0) is 23.8. The second kappa shape index (κ2) is 8.88. The summed E-state index contributed by atoms with van der Waals surface area (Å²) in [6.45, 7) is 4.81. The Labute approximate surface area is 202 Å². The maximum Gasteiger partial charge on any atom is 0.228 e. The van der Waals surface area contributed by atoms with E-state index in [4.69, 9.17) is 14.7 Å². The minimum absolute atomic E-state index is 0.660. The average Bonchev–Trinajstić information content (AvgIpc) is 3.50. The van der Waals surface area contributed by atoms with Crippen molar-refractivity contribution >= 4 is 39.9 Å². The number of nitrogens with zero attached hydrogens (tertiary/aromatic N) is 8. The molecule has 6 rings (SSSR count). The van der Waals surface area contributed by atoms with Crippen molar-refractivity contribution in [2.75, 3.05) is 36.5 Å². The number of aromatic nitrogens is 5. The number of morpholine rings is 1. The number of hydrogen-bond donors (Lipinski definition) is 1. The predicted molar refractivity (Wildman–Crippen MR) is 137 cm³/mol. The van der Waals surface area contributed by atoms with Gasteiger partial charge in [0.1, 0.15) is 11.3 Å². The molecule has 1 aromatic carbocycles. The van der Waals surface area contributed by atoms with E-state index in [9.17, 15) is 0 Å². The predicted octanol–water partition coefficient (Wildman–Crippen LogP) is 3.57. The van der Waals surface area contributed by atoms with Gasteiger partial charge in [-0.25, -0.2) is 4.98 Å². The van der Waals surface area contributed by atoms with Crippen LogP contribution in [0.1, 0.15) is 18.9 Å². The topological polar surface area (TPSA) is 106 Å². The Morgan fingerprint density at radius 1 is 0.943 bits per heavy atom. The minimum Gasteiger partial charge on any atom is -0.378 e. The lowest BCUT2D eigenvalue weighted by Crippen LogP contribution is -2.37. The third-order valence-corrected chi connectivity index (χ3v) is 6.16. The van der Waals surface area contributed by atoms with Crippen LogP contribution in [0.4, 0.5) is 17.5 Å². The summed E-state index contributed by atoms with van der Waals surface area (Å²) >= 11 is 0. The van der Waals surface area contributed by atoms with Crippen LogP contribution in [-0.2, 0) is 11.8 Å². The van der Waals surface area contributed by atoms with E-state index in [0.29, 0.717) is 25.0 Å². The van der Waals surface area contributed by atoms with Crippen molar-refractivity contribution in [3.63, 3.8) is 0 Å². The van der Waals surface area contributed by atoms with Gasteiger partial charge >= 0.3 is 0 Å². The van der Waals surface area contributed by atoms with Gasteiger partial charge in [0, 0.05) is 55.8 Å². The Balaban J connectivity index is 1.33. The van der Waals surface area contributed by atoms with Crippen LogP contribution in [0.2, 0.25) is 0 Å². The molecule has 0 amide bonds. The number of benzene rings is 1. The molecule has 2 aliphatic heterocycles. The van der Waals surface area contributed by atoms with Crippen LogP contribution < -0.4 is 10.2 Å². The van der Waals surface area contributed by atoms with Crippen LogP contribution in [0.25, 0.3) is 22.3 Å². The van der Waals surface area contributed by atoms with Gasteiger partial charge in [0.2, 0.25) is 5.95 Å². The Hall–Kier alpha value is -4.18. The van der Waals surface area contributed by atoms with Gasteiger partial charge < -0.3 is 15.0 Å². The van der Waals surface area contributed by atoms with Gasteiger partial charge in [-0.1, -0.05) is 12.1 Å². The van der Waals surface area contributed by atoms with Crippen LogP contribution in [-0.4, -0.2) is 62.5 Å². The van der Waals surface area contributed by atoms with Crippen molar-refractivity contribution in [2.45, 2.75) is 13.3 Å². The molecule has 1 fully saturated rings. The molecule has 0 aliphatic carbocycles. The second-order valence-electron chi connectivity index (χ2n) is 8.70. The molecule has 10 heteroatoms. The van der Waals surface area contributed by atoms with E-state index in [0.717, 1.165) is 64.5 Å². The first-order chi connectivity index (χ1) is 17.1. The second-order valence-corrected chi connectivity index (χ2v) is 8.70. The van der Waals surface area contributed by atoms with Gasteiger partial charge in [0.25, 0.3) is 0 Å². The first-order valence-electron chi connectivity index (χ1n) is 11.6. The summed E-state index contributed by atoms with van der Waals surface area (Å²) in [5.74, 6) is 1.38. The molecular weight excluding hydrogens is 442 g/mol. The normalized spacial score (nSPS) is 15.9. The zero-order valence-corrected chi connectivity index (χ0v) is 19.6. The van der Waals surface area contributed by atoms with Crippen molar-refractivity contribution in [3.8, 4) is 11.3 Å². The van der Waals surface area contributed by atoms with E-state index in [1.807, 2.05) is 43.0 Å². The van der Waals surface area contributed by atoms with Gasteiger partial charge in [-0.3, -0.25) is 9.67 Å². The highest BCUT2D eigenvalue weighted by molar-refractivity contribution is 6.14. The minimum atomic E-state index is 0.660. The van der Waals surface area contributed by atoms with E-state index in [2.05, 4.69) is 48.7 Å². The largest absolute Gasteiger partial charge is 0.378 e. The molecule has 4 aromatic rings. The molecule has 10 nitrogen and oxygen atoms in total. The third kappa shape index (κ3) is 4.35. The highest BCUT2D eigenvalue weighted by Crippen LogP contribution is 2.27.